The molecule has 7 nitrogen and oxygen atoms in total. The number of aryl methyl sites for hydroxylation is 3. The monoisotopic (exact) mass is 359 g/mol. The minimum Gasteiger partial charge on any atom is -0.465 e. The second kappa shape index (κ2) is 6.79. The largest absolute Gasteiger partial charge is 0.465 e. The smallest absolute Gasteiger partial charge is 0.348 e. The lowest BCUT2D eigenvalue weighted by Crippen LogP contribution is -2.23. The van der Waals surface area contributed by atoms with Gasteiger partial charge >= 0.3 is 5.97 Å². The minimum absolute atomic E-state index is 0.334. The van der Waals surface area contributed by atoms with E-state index in [0.717, 1.165) is 33.7 Å². The van der Waals surface area contributed by atoms with Gasteiger partial charge in [0.1, 0.15) is 21.3 Å². The molecule has 0 aliphatic heterocycles. The molecule has 0 unspecified atom stereocenters. The number of ether oxygens (including phenoxy) is 1. The molecule has 0 atom stereocenters. The molecule has 0 N–H and O–H groups in total. The third-order valence-corrected chi connectivity index (χ3v) is 5.23. The topological polar surface area (TPSA) is 73.1 Å². The number of carbonyl (C=O) groups excluding carboxylic acids is 1. The van der Waals surface area contributed by atoms with Crippen LogP contribution in [0.1, 0.15) is 33.5 Å². The molecule has 0 saturated heterocycles. The van der Waals surface area contributed by atoms with Crippen LogP contribution >= 0.6 is 11.3 Å². The van der Waals surface area contributed by atoms with Gasteiger partial charge in [-0.1, -0.05) is 0 Å². The van der Waals surface area contributed by atoms with Gasteiger partial charge in [-0.25, -0.2) is 14.8 Å². The van der Waals surface area contributed by atoms with Crippen LogP contribution in [0, 0.1) is 13.8 Å². The highest BCUT2D eigenvalue weighted by molar-refractivity contribution is 7.20. The van der Waals surface area contributed by atoms with E-state index < -0.39 is 0 Å². The highest BCUT2D eigenvalue weighted by atomic mass is 32.1. The number of rotatable bonds is 5. The molecule has 8 heteroatoms. The van der Waals surface area contributed by atoms with Gasteiger partial charge in [0.05, 0.1) is 18.7 Å². The Hall–Kier alpha value is -2.48. The van der Waals surface area contributed by atoms with Crippen LogP contribution in [0.15, 0.2) is 12.4 Å². The Morgan fingerprint density at radius 2 is 2.12 bits per heavy atom. The summed E-state index contributed by atoms with van der Waals surface area (Å²) in [5.41, 5.74) is 1.97. The molecule has 3 aromatic rings. The van der Waals surface area contributed by atoms with E-state index in [2.05, 4.69) is 26.9 Å². The lowest BCUT2D eigenvalue weighted by molar-refractivity contribution is 0.0605. The van der Waals surface area contributed by atoms with E-state index in [4.69, 9.17) is 4.74 Å². The van der Waals surface area contributed by atoms with Crippen LogP contribution in [-0.2, 0) is 18.3 Å². The van der Waals surface area contributed by atoms with Crippen LogP contribution in [0.3, 0.4) is 0 Å². The van der Waals surface area contributed by atoms with Crippen molar-refractivity contribution in [2.45, 2.75) is 27.3 Å². The molecule has 0 saturated carbocycles. The highest BCUT2D eigenvalue weighted by Crippen LogP contribution is 2.36. The molecule has 3 rings (SSSR count). The van der Waals surface area contributed by atoms with E-state index in [-0.39, 0.29) is 5.97 Å². The van der Waals surface area contributed by atoms with Crippen LogP contribution in [0.2, 0.25) is 0 Å². The maximum absolute atomic E-state index is 12.0. The first-order valence-electron chi connectivity index (χ1n) is 8.03. The fourth-order valence-electron chi connectivity index (χ4n) is 2.85. The SMILES string of the molecule is CCN(Cc1cnn(C)c1)c1nc(C)nc2sc(C(=O)OC)c(C)c12. The highest BCUT2D eigenvalue weighted by Gasteiger charge is 2.23. The minimum atomic E-state index is -0.334. The van der Waals surface area contributed by atoms with Crippen LogP contribution in [0.25, 0.3) is 10.2 Å². The fraction of sp³-hybridized carbons (Fsp3) is 0.412. The summed E-state index contributed by atoms with van der Waals surface area (Å²) >= 11 is 1.35. The van der Waals surface area contributed by atoms with Gasteiger partial charge in [-0.3, -0.25) is 4.68 Å². The van der Waals surface area contributed by atoms with Crippen molar-refractivity contribution < 1.29 is 9.53 Å². The van der Waals surface area contributed by atoms with Gasteiger partial charge in [0.15, 0.2) is 0 Å². The van der Waals surface area contributed by atoms with Gasteiger partial charge in [-0.2, -0.15) is 5.10 Å². The van der Waals surface area contributed by atoms with Gasteiger partial charge in [-0.05, 0) is 26.3 Å². The van der Waals surface area contributed by atoms with Crippen molar-refractivity contribution in [2.75, 3.05) is 18.6 Å². The van der Waals surface area contributed by atoms with Gasteiger partial charge < -0.3 is 9.64 Å². The van der Waals surface area contributed by atoms with E-state index in [0.29, 0.717) is 17.2 Å². The number of aromatic nitrogens is 4. The average Bonchev–Trinajstić information content (AvgIpc) is 3.14. The molecule has 0 aliphatic rings. The normalized spacial score (nSPS) is 11.1. The maximum atomic E-state index is 12.0. The fourth-order valence-corrected chi connectivity index (χ4v) is 3.99. The molecule has 0 aliphatic carbocycles. The number of methoxy groups -OCH3 is 1. The van der Waals surface area contributed by atoms with Crippen molar-refractivity contribution in [1.29, 1.82) is 0 Å². The molecular weight excluding hydrogens is 338 g/mol. The number of carbonyl (C=O) groups is 1. The summed E-state index contributed by atoms with van der Waals surface area (Å²) in [6.45, 7) is 7.35. The molecule has 3 heterocycles. The summed E-state index contributed by atoms with van der Waals surface area (Å²) in [5, 5.41) is 5.15. The zero-order valence-electron chi connectivity index (χ0n) is 15.0. The summed E-state index contributed by atoms with van der Waals surface area (Å²) < 4.78 is 6.69. The Kier molecular flexibility index (Phi) is 4.71. The first kappa shape index (κ1) is 17.3. The number of hydrogen-bond donors (Lipinski definition) is 0. The summed E-state index contributed by atoms with van der Waals surface area (Å²) in [5.74, 6) is 1.20. The summed E-state index contributed by atoms with van der Waals surface area (Å²) in [6, 6.07) is 0. The van der Waals surface area contributed by atoms with E-state index >= 15 is 0 Å². The summed E-state index contributed by atoms with van der Waals surface area (Å²) in [6.07, 6.45) is 3.85. The zero-order valence-corrected chi connectivity index (χ0v) is 15.8. The average molecular weight is 359 g/mol. The van der Waals surface area contributed by atoms with Crippen molar-refractivity contribution >= 4 is 33.3 Å². The Bertz CT molecular complexity index is 931. The van der Waals surface area contributed by atoms with Gasteiger partial charge in [0.2, 0.25) is 0 Å². The predicted molar refractivity (Wildman–Crippen MR) is 98.2 cm³/mol. The zero-order chi connectivity index (χ0) is 18.1. The Balaban J connectivity index is 2.12. The predicted octanol–water partition coefficient (Wildman–Crippen LogP) is 2.85. The molecular formula is C17H21N5O2S. The number of esters is 1. The number of nitrogens with zero attached hydrogens (tertiary/aromatic N) is 5. The number of fused-ring (bicyclic) bond motifs is 1. The van der Waals surface area contributed by atoms with E-state index in [1.165, 1.54) is 18.4 Å². The number of thiophene rings is 1. The van der Waals surface area contributed by atoms with Crippen LogP contribution in [0.4, 0.5) is 5.82 Å². The number of hydrogen-bond acceptors (Lipinski definition) is 7. The van der Waals surface area contributed by atoms with Crippen LogP contribution in [0.5, 0.6) is 0 Å². The molecule has 132 valence electrons. The van der Waals surface area contributed by atoms with Crippen molar-refractivity contribution in [3.63, 3.8) is 0 Å². The lowest BCUT2D eigenvalue weighted by atomic mass is 10.2. The molecule has 25 heavy (non-hydrogen) atoms. The molecule has 3 aromatic heterocycles. The first-order valence-corrected chi connectivity index (χ1v) is 8.84. The Morgan fingerprint density at radius 1 is 1.36 bits per heavy atom. The number of anilines is 1. The van der Waals surface area contributed by atoms with Crippen LogP contribution < -0.4 is 4.90 Å². The maximum Gasteiger partial charge on any atom is 0.348 e. The van der Waals surface area contributed by atoms with Crippen molar-refractivity contribution in [1.82, 2.24) is 19.7 Å². The quantitative estimate of drug-likeness (QED) is 0.652. The Labute approximate surface area is 150 Å². The third-order valence-electron chi connectivity index (χ3n) is 4.07. The van der Waals surface area contributed by atoms with E-state index in [9.17, 15) is 4.79 Å². The van der Waals surface area contributed by atoms with Crippen LogP contribution in [-0.4, -0.2) is 39.4 Å². The van der Waals surface area contributed by atoms with Gasteiger partial charge in [-0.15, -0.1) is 11.3 Å². The van der Waals surface area contributed by atoms with Crippen molar-refractivity contribution in [2.24, 2.45) is 7.05 Å². The summed E-state index contributed by atoms with van der Waals surface area (Å²) in [4.78, 5) is 24.8. The van der Waals surface area contributed by atoms with E-state index in [1.54, 1.807) is 4.68 Å². The van der Waals surface area contributed by atoms with E-state index in [1.807, 2.05) is 33.3 Å². The van der Waals surface area contributed by atoms with Crippen molar-refractivity contribution in [3.05, 3.63) is 34.2 Å². The second-order valence-electron chi connectivity index (χ2n) is 5.86. The lowest BCUT2D eigenvalue weighted by Gasteiger charge is -2.22. The standard InChI is InChI=1S/C17H21N5O2S/c1-6-22(9-12-7-18-21(4)8-12)15-13-10(2)14(17(23)24-5)25-16(13)20-11(3)19-15/h7-8H,6,9H2,1-5H3. The molecule has 0 aromatic carbocycles. The molecule has 0 bridgehead atoms. The Morgan fingerprint density at radius 3 is 2.72 bits per heavy atom. The van der Waals surface area contributed by atoms with Gasteiger partial charge in [0, 0.05) is 31.9 Å². The molecule has 0 radical (unpaired) electrons. The molecule has 0 fully saturated rings. The summed E-state index contributed by atoms with van der Waals surface area (Å²) in [7, 11) is 3.29. The van der Waals surface area contributed by atoms with Gasteiger partial charge in [0.25, 0.3) is 0 Å². The molecule has 0 spiro atoms. The third kappa shape index (κ3) is 3.21. The second-order valence-corrected chi connectivity index (χ2v) is 6.86. The first-order chi connectivity index (χ1) is 11.9. The van der Waals surface area contributed by atoms with Crippen molar-refractivity contribution in [3.8, 4) is 0 Å². The molecule has 0 amide bonds.